The average molecular weight is 231 g/mol. The van der Waals surface area contributed by atoms with Crippen LogP contribution in [0.25, 0.3) is 0 Å². The predicted molar refractivity (Wildman–Crippen MR) is 66.9 cm³/mol. The summed E-state index contributed by atoms with van der Waals surface area (Å²) in [4.78, 5) is 15.6. The second kappa shape index (κ2) is 6.61. The van der Waals surface area contributed by atoms with Crippen LogP contribution in [0.15, 0.2) is 0 Å². The van der Waals surface area contributed by atoms with E-state index in [4.69, 9.17) is 18.0 Å². The summed E-state index contributed by atoms with van der Waals surface area (Å²) in [6.07, 6.45) is 0.585. The highest BCUT2D eigenvalue weighted by atomic mass is 32.1. The molecule has 0 bridgehead atoms. The molecule has 0 aliphatic carbocycles. The molecule has 0 unspecified atom stereocenters. The standard InChI is InChI=1S/C10H21N3OS/c1-8(2)7-13(6-5-9(11)15)10(14)12(3)4/h8H,5-7H2,1-4H3,(H2,11,15). The molecular weight excluding hydrogens is 210 g/mol. The molecule has 15 heavy (non-hydrogen) atoms. The van der Waals surface area contributed by atoms with Gasteiger partial charge in [-0.3, -0.25) is 0 Å². The van der Waals surface area contributed by atoms with Crippen LogP contribution in [0.1, 0.15) is 20.3 Å². The molecule has 88 valence electrons. The van der Waals surface area contributed by atoms with Crippen molar-refractivity contribution >= 4 is 23.2 Å². The van der Waals surface area contributed by atoms with Crippen molar-refractivity contribution in [1.82, 2.24) is 9.80 Å². The first kappa shape index (κ1) is 14.2. The minimum atomic E-state index is 0.0138. The van der Waals surface area contributed by atoms with Crippen molar-refractivity contribution in [2.75, 3.05) is 27.2 Å². The summed E-state index contributed by atoms with van der Waals surface area (Å²) in [6, 6.07) is 0.0138. The number of hydrogen-bond donors (Lipinski definition) is 1. The van der Waals surface area contributed by atoms with Gasteiger partial charge in [-0.15, -0.1) is 0 Å². The van der Waals surface area contributed by atoms with Gasteiger partial charge in [-0.05, 0) is 5.92 Å². The van der Waals surface area contributed by atoms with Crippen molar-refractivity contribution in [3.63, 3.8) is 0 Å². The second-order valence-electron chi connectivity index (χ2n) is 4.23. The van der Waals surface area contributed by atoms with Crippen molar-refractivity contribution in [2.24, 2.45) is 11.7 Å². The van der Waals surface area contributed by atoms with Gasteiger partial charge in [0.05, 0.1) is 4.99 Å². The number of thiocarbonyl (C=S) groups is 1. The molecule has 0 rings (SSSR count). The Morgan fingerprint density at radius 3 is 2.27 bits per heavy atom. The summed E-state index contributed by atoms with van der Waals surface area (Å²) >= 11 is 4.81. The van der Waals surface area contributed by atoms with Gasteiger partial charge in [0.25, 0.3) is 0 Å². The number of hydrogen-bond acceptors (Lipinski definition) is 2. The van der Waals surface area contributed by atoms with Crippen molar-refractivity contribution in [2.45, 2.75) is 20.3 Å². The van der Waals surface area contributed by atoms with Gasteiger partial charge >= 0.3 is 6.03 Å². The van der Waals surface area contributed by atoms with Gasteiger partial charge in [0.15, 0.2) is 0 Å². The molecule has 5 heteroatoms. The molecule has 0 aromatic heterocycles. The molecule has 0 aromatic carbocycles. The van der Waals surface area contributed by atoms with Gasteiger partial charge < -0.3 is 15.5 Å². The maximum atomic E-state index is 11.8. The van der Waals surface area contributed by atoms with Crippen LogP contribution in [-0.2, 0) is 0 Å². The van der Waals surface area contributed by atoms with Crippen LogP contribution in [0.5, 0.6) is 0 Å². The van der Waals surface area contributed by atoms with Gasteiger partial charge in [0.2, 0.25) is 0 Å². The monoisotopic (exact) mass is 231 g/mol. The Kier molecular flexibility index (Phi) is 6.24. The molecule has 2 amide bonds. The largest absolute Gasteiger partial charge is 0.393 e. The number of carbonyl (C=O) groups excluding carboxylic acids is 1. The maximum Gasteiger partial charge on any atom is 0.319 e. The molecule has 4 nitrogen and oxygen atoms in total. The van der Waals surface area contributed by atoms with E-state index in [2.05, 4.69) is 13.8 Å². The number of carbonyl (C=O) groups is 1. The van der Waals surface area contributed by atoms with Crippen LogP contribution in [0.3, 0.4) is 0 Å². The lowest BCUT2D eigenvalue weighted by Crippen LogP contribution is -2.42. The van der Waals surface area contributed by atoms with Crippen molar-refractivity contribution in [3.8, 4) is 0 Å². The lowest BCUT2D eigenvalue weighted by atomic mass is 10.2. The third-order valence-corrected chi connectivity index (χ3v) is 2.07. The number of amides is 2. The van der Waals surface area contributed by atoms with Crippen molar-refractivity contribution in [1.29, 1.82) is 0 Å². The molecule has 0 atom stereocenters. The second-order valence-corrected chi connectivity index (χ2v) is 4.76. The van der Waals surface area contributed by atoms with Crippen molar-refractivity contribution < 1.29 is 4.79 Å². The van der Waals surface area contributed by atoms with Crippen LogP contribution >= 0.6 is 12.2 Å². The highest BCUT2D eigenvalue weighted by Crippen LogP contribution is 2.03. The average Bonchev–Trinajstić information content (AvgIpc) is 2.10. The predicted octanol–water partition coefficient (Wildman–Crippen LogP) is 1.30. The summed E-state index contributed by atoms with van der Waals surface area (Å²) in [7, 11) is 3.49. The fourth-order valence-corrected chi connectivity index (χ4v) is 1.33. The zero-order chi connectivity index (χ0) is 12.0. The molecule has 2 N–H and O–H groups in total. The first-order valence-electron chi connectivity index (χ1n) is 5.09. The minimum absolute atomic E-state index is 0.0138. The highest BCUT2D eigenvalue weighted by Gasteiger charge is 2.16. The maximum absolute atomic E-state index is 11.8. The zero-order valence-corrected chi connectivity index (χ0v) is 10.8. The summed E-state index contributed by atoms with van der Waals surface area (Å²) in [5, 5.41) is 0. The van der Waals surface area contributed by atoms with E-state index in [1.54, 1.807) is 23.9 Å². The first-order valence-corrected chi connectivity index (χ1v) is 5.50. The minimum Gasteiger partial charge on any atom is -0.393 e. The smallest absolute Gasteiger partial charge is 0.319 e. The molecule has 0 heterocycles. The molecule has 0 aromatic rings. The zero-order valence-electron chi connectivity index (χ0n) is 9.99. The quantitative estimate of drug-likeness (QED) is 0.726. The van der Waals surface area contributed by atoms with Gasteiger partial charge in [0.1, 0.15) is 0 Å². The van der Waals surface area contributed by atoms with E-state index in [0.717, 1.165) is 6.54 Å². The molecule has 0 fully saturated rings. The van der Waals surface area contributed by atoms with Crippen LogP contribution < -0.4 is 5.73 Å². The fourth-order valence-electron chi connectivity index (χ4n) is 1.23. The van der Waals surface area contributed by atoms with Gasteiger partial charge in [-0.2, -0.15) is 0 Å². The number of nitrogens with two attached hydrogens (primary N) is 1. The summed E-state index contributed by atoms with van der Waals surface area (Å²) < 4.78 is 0. The molecule has 0 saturated heterocycles. The lowest BCUT2D eigenvalue weighted by molar-refractivity contribution is 0.166. The summed E-state index contributed by atoms with van der Waals surface area (Å²) in [5.74, 6) is 0.445. The Morgan fingerprint density at radius 1 is 1.40 bits per heavy atom. The Bertz CT molecular complexity index is 229. The molecule has 0 aliphatic rings. The number of urea groups is 1. The topological polar surface area (TPSA) is 49.6 Å². The Balaban J connectivity index is 4.30. The number of nitrogens with zero attached hydrogens (tertiary/aromatic N) is 2. The molecular formula is C10H21N3OS. The third kappa shape index (κ3) is 6.28. The molecule has 0 spiro atoms. The molecule has 0 aliphatic heterocycles. The third-order valence-electron chi connectivity index (χ3n) is 1.87. The number of rotatable bonds is 5. The van der Waals surface area contributed by atoms with Gasteiger partial charge in [-0.1, -0.05) is 26.1 Å². The fraction of sp³-hybridized carbons (Fsp3) is 0.800. The van der Waals surface area contributed by atoms with Crippen LogP contribution in [0.4, 0.5) is 4.79 Å². The van der Waals surface area contributed by atoms with E-state index in [1.165, 1.54) is 0 Å². The lowest BCUT2D eigenvalue weighted by Gasteiger charge is -2.27. The Labute approximate surface area is 97.4 Å². The van der Waals surface area contributed by atoms with E-state index >= 15 is 0 Å². The van der Waals surface area contributed by atoms with E-state index in [1.807, 2.05) is 0 Å². The van der Waals surface area contributed by atoms with Crippen LogP contribution in [0, 0.1) is 5.92 Å². The summed E-state index contributed by atoms with van der Waals surface area (Å²) in [6.45, 7) is 5.50. The van der Waals surface area contributed by atoms with Crippen LogP contribution in [0.2, 0.25) is 0 Å². The van der Waals surface area contributed by atoms with E-state index < -0.39 is 0 Å². The SMILES string of the molecule is CC(C)CN(CCC(N)=S)C(=O)N(C)C. The highest BCUT2D eigenvalue weighted by molar-refractivity contribution is 7.80. The van der Waals surface area contributed by atoms with Crippen molar-refractivity contribution in [3.05, 3.63) is 0 Å². The van der Waals surface area contributed by atoms with E-state index in [9.17, 15) is 4.79 Å². The van der Waals surface area contributed by atoms with E-state index in [0.29, 0.717) is 23.9 Å². The Hall–Kier alpha value is -0.840. The van der Waals surface area contributed by atoms with Gasteiger partial charge in [-0.25, -0.2) is 4.79 Å². The Morgan fingerprint density at radius 2 is 1.93 bits per heavy atom. The van der Waals surface area contributed by atoms with E-state index in [-0.39, 0.29) is 6.03 Å². The molecule has 0 saturated carbocycles. The normalized spacial score (nSPS) is 10.2. The van der Waals surface area contributed by atoms with Gasteiger partial charge in [0, 0.05) is 33.6 Å². The molecule has 0 radical (unpaired) electrons. The summed E-state index contributed by atoms with van der Waals surface area (Å²) in [5.41, 5.74) is 5.43. The van der Waals surface area contributed by atoms with Crippen LogP contribution in [-0.4, -0.2) is 48.0 Å². The first-order chi connectivity index (χ1) is 6.84.